The number of nitrogens with two attached hydrogens (primary N) is 1. The van der Waals surface area contributed by atoms with Crippen molar-refractivity contribution in [2.24, 2.45) is 0 Å². The second-order valence-corrected chi connectivity index (χ2v) is 4.39. The third-order valence-electron chi connectivity index (χ3n) is 2.11. The summed E-state index contributed by atoms with van der Waals surface area (Å²) in [5, 5.41) is 10.3. The van der Waals surface area contributed by atoms with Crippen molar-refractivity contribution >= 4 is 17.4 Å². The Balaban J connectivity index is 2.40. The van der Waals surface area contributed by atoms with E-state index in [2.05, 4.69) is 16.0 Å². The number of rotatable bonds is 2. The summed E-state index contributed by atoms with van der Waals surface area (Å²) >= 11 is 1.31. The third kappa shape index (κ3) is 2.55. The van der Waals surface area contributed by atoms with Gasteiger partial charge in [0.05, 0.1) is 11.3 Å². The molecule has 0 bridgehead atoms. The molecule has 0 unspecified atom stereocenters. The van der Waals surface area contributed by atoms with Gasteiger partial charge >= 0.3 is 0 Å². The molecule has 0 fully saturated rings. The van der Waals surface area contributed by atoms with E-state index in [9.17, 15) is 0 Å². The van der Waals surface area contributed by atoms with E-state index >= 15 is 0 Å². The topological polar surface area (TPSA) is 75.6 Å². The molecule has 2 aromatic heterocycles. The molecule has 0 aromatic carbocycles. The van der Waals surface area contributed by atoms with Gasteiger partial charge in [0.15, 0.2) is 0 Å². The van der Waals surface area contributed by atoms with Crippen molar-refractivity contribution in [2.75, 3.05) is 5.73 Å². The molecule has 17 heavy (non-hydrogen) atoms. The van der Waals surface area contributed by atoms with Crippen LogP contribution in [-0.4, -0.2) is 9.97 Å². The van der Waals surface area contributed by atoms with Crippen LogP contribution in [0.2, 0.25) is 0 Å². The lowest BCUT2D eigenvalue weighted by Crippen LogP contribution is -1.94. The zero-order valence-electron chi connectivity index (χ0n) is 9.21. The number of aromatic nitrogens is 2. The van der Waals surface area contributed by atoms with Gasteiger partial charge in [-0.2, -0.15) is 5.26 Å². The summed E-state index contributed by atoms with van der Waals surface area (Å²) in [6.07, 6.45) is 1.67. The Morgan fingerprint density at radius 1 is 1.29 bits per heavy atom. The van der Waals surface area contributed by atoms with E-state index < -0.39 is 0 Å². The predicted molar refractivity (Wildman–Crippen MR) is 66.5 cm³/mol. The monoisotopic (exact) mass is 242 g/mol. The highest BCUT2D eigenvalue weighted by Gasteiger charge is 2.09. The Kier molecular flexibility index (Phi) is 3.26. The zero-order valence-corrected chi connectivity index (χ0v) is 10.0. The van der Waals surface area contributed by atoms with Crippen LogP contribution in [0.25, 0.3) is 0 Å². The Morgan fingerprint density at radius 2 is 2.12 bits per heavy atom. The van der Waals surface area contributed by atoms with E-state index in [1.807, 2.05) is 13.0 Å². The minimum Gasteiger partial charge on any atom is -0.397 e. The van der Waals surface area contributed by atoms with Gasteiger partial charge in [-0.15, -0.1) is 0 Å². The van der Waals surface area contributed by atoms with Gasteiger partial charge in [-0.3, -0.25) is 0 Å². The average Bonchev–Trinajstić information content (AvgIpc) is 2.32. The molecule has 0 saturated carbocycles. The Morgan fingerprint density at radius 3 is 2.82 bits per heavy atom. The predicted octanol–water partition coefficient (Wildman–Crippen LogP) is 2.39. The van der Waals surface area contributed by atoms with Gasteiger partial charge in [-0.25, -0.2) is 9.97 Å². The standard InChI is InChI=1S/C12H10N4S/c1-8-4-5-9(7-13)11(16-8)17-12-10(14)3-2-6-15-12/h2-6H,14H2,1H3. The van der Waals surface area contributed by atoms with Crippen LogP contribution in [0.1, 0.15) is 11.3 Å². The summed E-state index contributed by atoms with van der Waals surface area (Å²) < 4.78 is 0. The third-order valence-corrected chi connectivity index (χ3v) is 3.15. The lowest BCUT2D eigenvalue weighted by atomic mass is 10.3. The van der Waals surface area contributed by atoms with Gasteiger partial charge < -0.3 is 5.73 Å². The summed E-state index contributed by atoms with van der Waals surface area (Å²) in [5.74, 6) is 0. The van der Waals surface area contributed by atoms with Gasteiger partial charge in [-0.05, 0) is 43.0 Å². The summed E-state index contributed by atoms with van der Waals surface area (Å²) in [6.45, 7) is 1.88. The molecule has 0 saturated heterocycles. The van der Waals surface area contributed by atoms with Gasteiger partial charge in [-0.1, -0.05) is 0 Å². The molecule has 5 heteroatoms. The number of hydrogen-bond acceptors (Lipinski definition) is 5. The van der Waals surface area contributed by atoms with Crippen molar-refractivity contribution in [3.05, 3.63) is 41.7 Å². The number of nitrogens with zero attached hydrogens (tertiary/aromatic N) is 3. The van der Waals surface area contributed by atoms with Crippen LogP contribution in [-0.2, 0) is 0 Å². The molecule has 0 radical (unpaired) electrons. The average molecular weight is 242 g/mol. The maximum Gasteiger partial charge on any atom is 0.125 e. The second-order valence-electron chi connectivity index (χ2n) is 3.42. The summed E-state index contributed by atoms with van der Waals surface area (Å²) in [6, 6.07) is 9.22. The summed E-state index contributed by atoms with van der Waals surface area (Å²) in [5.41, 5.74) is 7.79. The van der Waals surface area contributed by atoms with Crippen molar-refractivity contribution in [3.8, 4) is 6.07 Å². The maximum atomic E-state index is 9.00. The lowest BCUT2D eigenvalue weighted by Gasteiger charge is -2.05. The Labute approximate surface area is 104 Å². The minimum absolute atomic E-state index is 0.533. The molecular formula is C12H10N4S. The first-order chi connectivity index (χ1) is 8.20. The molecule has 0 aliphatic heterocycles. The molecule has 0 spiro atoms. The van der Waals surface area contributed by atoms with Gasteiger partial charge in [0.25, 0.3) is 0 Å². The zero-order chi connectivity index (χ0) is 12.3. The summed E-state index contributed by atoms with van der Waals surface area (Å²) in [7, 11) is 0. The van der Waals surface area contributed by atoms with Gasteiger partial charge in [0, 0.05) is 11.9 Å². The molecule has 0 aliphatic rings. The van der Waals surface area contributed by atoms with Crippen molar-refractivity contribution < 1.29 is 0 Å². The normalized spacial score (nSPS) is 9.88. The Bertz CT molecular complexity index is 589. The van der Waals surface area contributed by atoms with Crippen LogP contribution >= 0.6 is 11.8 Å². The molecule has 2 aromatic rings. The van der Waals surface area contributed by atoms with Crippen LogP contribution in [0.5, 0.6) is 0 Å². The van der Waals surface area contributed by atoms with Crippen molar-refractivity contribution in [1.82, 2.24) is 9.97 Å². The molecule has 2 heterocycles. The van der Waals surface area contributed by atoms with Crippen LogP contribution in [0.4, 0.5) is 5.69 Å². The molecule has 2 N–H and O–H groups in total. The largest absolute Gasteiger partial charge is 0.397 e. The highest BCUT2D eigenvalue weighted by atomic mass is 32.2. The van der Waals surface area contributed by atoms with Crippen molar-refractivity contribution in [3.63, 3.8) is 0 Å². The van der Waals surface area contributed by atoms with Crippen molar-refractivity contribution in [2.45, 2.75) is 17.0 Å². The number of pyridine rings is 2. The van der Waals surface area contributed by atoms with E-state index in [1.165, 1.54) is 11.8 Å². The van der Waals surface area contributed by atoms with Crippen molar-refractivity contribution in [1.29, 1.82) is 5.26 Å². The number of aryl methyl sites for hydroxylation is 1. The van der Waals surface area contributed by atoms with Gasteiger partial charge in [0.2, 0.25) is 0 Å². The molecule has 4 nitrogen and oxygen atoms in total. The van der Waals surface area contributed by atoms with Crippen LogP contribution in [0.15, 0.2) is 40.5 Å². The number of anilines is 1. The number of nitriles is 1. The molecule has 2 rings (SSSR count). The minimum atomic E-state index is 0.533. The van der Waals surface area contributed by atoms with E-state index in [-0.39, 0.29) is 0 Å². The fraction of sp³-hybridized carbons (Fsp3) is 0.0833. The second kappa shape index (κ2) is 4.85. The van der Waals surface area contributed by atoms with E-state index in [0.717, 1.165) is 5.69 Å². The van der Waals surface area contributed by atoms with E-state index in [4.69, 9.17) is 11.0 Å². The first-order valence-corrected chi connectivity index (χ1v) is 5.78. The lowest BCUT2D eigenvalue weighted by molar-refractivity contribution is 1.04. The van der Waals surface area contributed by atoms with Crippen LogP contribution < -0.4 is 5.73 Å². The summed E-state index contributed by atoms with van der Waals surface area (Å²) in [4.78, 5) is 8.49. The molecule has 0 amide bonds. The number of hydrogen-bond donors (Lipinski definition) is 1. The van der Waals surface area contributed by atoms with E-state index in [1.54, 1.807) is 24.4 Å². The quantitative estimate of drug-likeness (QED) is 0.875. The highest BCUT2D eigenvalue weighted by Crippen LogP contribution is 2.30. The highest BCUT2D eigenvalue weighted by molar-refractivity contribution is 7.99. The molecular weight excluding hydrogens is 232 g/mol. The first kappa shape index (κ1) is 11.4. The number of nitrogen functional groups attached to an aromatic ring is 1. The fourth-order valence-corrected chi connectivity index (χ4v) is 2.17. The molecule has 84 valence electrons. The molecule has 0 atom stereocenters. The smallest absolute Gasteiger partial charge is 0.125 e. The molecule has 0 aliphatic carbocycles. The van der Waals surface area contributed by atoms with Crippen LogP contribution in [0, 0.1) is 18.3 Å². The van der Waals surface area contributed by atoms with Crippen LogP contribution in [0.3, 0.4) is 0 Å². The van der Waals surface area contributed by atoms with E-state index in [0.29, 0.717) is 21.3 Å². The fourth-order valence-electron chi connectivity index (χ4n) is 1.28. The van der Waals surface area contributed by atoms with Gasteiger partial charge in [0.1, 0.15) is 16.1 Å². The first-order valence-electron chi connectivity index (χ1n) is 4.97. The SMILES string of the molecule is Cc1ccc(C#N)c(Sc2ncccc2N)n1. The Hall–Kier alpha value is -2.06. The maximum absolute atomic E-state index is 9.00.